The first kappa shape index (κ1) is 29.0. The number of rotatable bonds is 10. The van der Waals surface area contributed by atoms with Gasteiger partial charge in [-0.1, -0.05) is 23.5 Å². The number of fused-ring (bicyclic) bond motifs is 2. The molecule has 0 saturated carbocycles. The number of ether oxygens (including phenoxy) is 2. The van der Waals surface area contributed by atoms with Crippen molar-refractivity contribution in [3.05, 3.63) is 78.2 Å². The van der Waals surface area contributed by atoms with E-state index >= 15 is 0 Å². The molecule has 13 heteroatoms. The summed E-state index contributed by atoms with van der Waals surface area (Å²) in [5, 5.41) is 14.9. The van der Waals surface area contributed by atoms with Crippen LogP contribution in [0.1, 0.15) is 32.0 Å². The number of sulfonamides is 1. The van der Waals surface area contributed by atoms with Crippen molar-refractivity contribution in [2.24, 2.45) is 0 Å². The van der Waals surface area contributed by atoms with Crippen LogP contribution in [0.15, 0.2) is 71.6 Å². The van der Waals surface area contributed by atoms with Crippen molar-refractivity contribution in [3.8, 4) is 10.9 Å². The molecule has 5 aromatic rings. The van der Waals surface area contributed by atoms with E-state index in [0.717, 1.165) is 10.2 Å². The van der Waals surface area contributed by atoms with Gasteiger partial charge in [0.25, 0.3) is 5.19 Å². The van der Waals surface area contributed by atoms with E-state index in [-0.39, 0.29) is 36.3 Å². The number of aromatic nitrogens is 3. The molecule has 0 unspecified atom stereocenters. The van der Waals surface area contributed by atoms with Crippen molar-refractivity contribution in [1.29, 1.82) is 0 Å². The predicted octanol–water partition coefficient (Wildman–Crippen LogP) is 5.28. The van der Waals surface area contributed by atoms with Gasteiger partial charge in [0.2, 0.25) is 10.0 Å². The number of thiazole rings is 1. The Labute approximate surface area is 251 Å². The first-order valence-electron chi connectivity index (χ1n) is 13.7. The minimum absolute atomic E-state index is 0.0274. The lowest BCUT2D eigenvalue weighted by atomic mass is 10.1. The first-order chi connectivity index (χ1) is 20.6. The zero-order valence-electron chi connectivity index (χ0n) is 23.4. The molecule has 0 radical (unpaired) electrons. The van der Waals surface area contributed by atoms with Gasteiger partial charge in [0.05, 0.1) is 50.9 Å². The maximum atomic E-state index is 14.3. The van der Waals surface area contributed by atoms with E-state index < -0.39 is 33.9 Å². The second kappa shape index (κ2) is 11.5. The summed E-state index contributed by atoms with van der Waals surface area (Å²) in [6.45, 7) is 3.83. The molecule has 2 aromatic heterocycles. The zero-order chi connectivity index (χ0) is 30.3. The number of aliphatic carboxylic acids is 1. The number of benzene rings is 3. The molecular weight excluding hydrogens is 595 g/mol. The highest BCUT2D eigenvalue weighted by Crippen LogP contribution is 2.36. The average molecular weight is 625 g/mol. The molecule has 3 heterocycles. The van der Waals surface area contributed by atoms with Gasteiger partial charge < -0.3 is 14.6 Å². The Hall–Kier alpha value is -4.07. The van der Waals surface area contributed by atoms with Gasteiger partial charge in [0, 0.05) is 11.9 Å². The van der Waals surface area contributed by atoms with Crippen LogP contribution in [0.5, 0.6) is 10.9 Å². The fraction of sp³-hybridized carbons (Fsp3) is 0.300. The highest BCUT2D eigenvalue weighted by molar-refractivity contribution is 7.89. The first-order valence-corrected chi connectivity index (χ1v) is 16.0. The maximum Gasteiger partial charge on any atom is 0.309 e. The molecule has 3 aromatic carbocycles. The van der Waals surface area contributed by atoms with Gasteiger partial charge in [-0.05, 0) is 74.9 Å². The molecule has 6 rings (SSSR count). The fourth-order valence-electron chi connectivity index (χ4n) is 5.39. The molecule has 0 amide bonds. The normalized spacial score (nSPS) is 17.7. The second-order valence-corrected chi connectivity index (χ2v) is 13.5. The lowest BCUT2D eigenvalue weighted by molar-refractivity contribution is -0.136. The molecule has 0 aliphatic carbocycles. The van der Waals surface area contributed by atoms with Gasteiger partial charge in [-0.2, -0.15) is 9.40 Å². The molecule has 1 aliphatic heterocycles. The van der Waals surface area contributed by atoms with Crippen LogP contribution >= 0.6 is 11.3 Å². The molecule has 0 spiro atoms. The lowest BCUT2D eigenvalue weighted by Gasteiger charge is -2.23. The zero-order valence-corrected chi connectivity index (χ0v) is 25.0. The van der Waals surface area contributed by atoms with Crippen LogP contribution in [0.2, 0.25) is 0 Å². The van der Waals surface area contributed by atoms with E-state index in [9.17, 15) is 22.7 Å². The van der Waals surface area contributed by atoms with E-state index in [1.165, 1.54) is 46.0 Å². The van der Waals surface area contributed by atoms with E-state index in [2.05, 4.69) is 10.1 Å². The van der Waals surface area contributed by atoms with E-state index in [1.807, 2.05) is 38.1 Å². The number of carboxylic acids is 1. The second-order valence-electron chi connectivity index (χ2n) is 10.6. The third-order valence-electron chi connectivity index (χ3n) is 7.23. The van der Waals surface area contributed by atoms with Crippen LogP contribution in [0.4, 0.5) is 4.39 Å². The molecule has 1 aliphatic rings. The standard InChI is InChI=1S/C30H29FN4O6S2/c1-18(2)41-22-8-10-23(11-9-22)43(38,39)34-16-20(14-21(34)17-40-30-32-25-5-3-4-6-28(25)42-30)35-27-13-19(31)7-12-24(27)26(33-35)15-29(36)37/h3-13,18,20-21H,14-17H2,1-2H3,(H,36,37)/t20-,21+/m1/s1. The Morgan fingerprint density at radius 2 is 1.91 bits per heavy atom. The minimum Gasteiger partial charge on any atom is -0.491 e. The molecule has 224 valence electrons. The molecule has 43 heavy (non-hydrogen) atoms. The Morgan fingerprint density at radius 1 is 1.14 bits per heavy atom. The topological polar surface area (TPSA) is 124 Å². The number of hydrogen-bond acceptors (Lipinski definition) is 8. The third kappa shape index (κ3) is 5.92. The Balaban J connectivity index is 1.34. The van der Waals surface area contributed by atoms with Crippen LogP contribution in [0, 0.1) is 5.82 Å². The van der Waals surface area contributed by atoms with Crippen LogP contribution in [0.3, 0.4) is 0 Å². The van der Waals surface area contributed by atoms with Crippen LogP contribution in [-0.4, -0.2) is 63.9 Å². The van der Waals surface area contributed by atoms with Crippen LogP contribution in [-0.2, 0) is 21.2 Å². The summed E-state index contributed by atoms with van der Waals surface area (Å²) in [5.41, 5.74) is 1.48. The molecule has 2 atom stereocenters. The van der Waals surface area contributed by atoms with Gasteiger partial charge in [0.1, 0.15) is 18.2 Å². The number of carbonyl (C=O) groups is 1. The predicted molar refractivity (Wildman–Crippen MR) is 160 cm³/mol. The monoisotopic (exact) mass is 624 g/mol. The third-order valence-corrected chi connectivity index (χ3v) is 10.1. The van der Waals surface area contributed by atoms with Gasteiger partial charge >= 0.3 is 5.97 Å². The summed E-state index contributed by atoms with van der Waals surface area (Å²) in [6, 6.07) is 16.8. The van der Waals surface area contributed by atoms with Gasteiger partial charge in [-0.3, -0.25) is 9.48 Å². The minimum atomic E-state index is -4.01. The summed E-state index contributed by atoms with van der Waals surface area (Å²) >= 11 is 1.37. The average Bonchev–Trinajstić information content (AvgIpc) is 3.67. The molecule has 1 saturated heterocycles. The smallest absolute Gasteiger partial charge is 0.309 e. The summed E-state index contributed by atoms with van der Waals surface area (Å²) < 4.78 is 58.0. The van der Waals surface area contributed by atoms with Gasteiger partial charge in [-0.25, -0.2) is 17.8 Å². The lowest BCUT2D eigenvalue weighted by Crippen LogP contribution is -2.39. The quantitative estimate of drug-likeness (QED) is 0.223. The molecule has 0 bridgehead atoms. The van der Waals surface area contributed by atoms with Gasteiger partial charge in [0.15, 0.2) is 0 Å². The summed E-state index contributed by atoms with van der Waals surface area (Å²) in [7, 11) is -4.01. The van der Waals surface area contributed by atoms with Crippen molar-refractivity contribution < 1.29 is 32.2 Å². The highest BCUT2D eigenvalue weighted by atomic mass is 32.2. The number of halogens is 1. The van der Waals surface area contributed by atoms with Crippen LogP contribution in [0.25, 0.3) is 21.1 Å². The Morgan fingerprint density at radius 3 is 2.63 bits per heavy atom. The number of carboxylic acid groups (broad SMARTS) is 1. The fourth-order valence-corrected chi connectivity index (χ4v) is 7.87. The molecule has 1 N–H and O–H groups in total. The number of para-hydroxylation sites is 1. The van der Waals surface area contributed by atoms with Crippen molar-refractivity contribution in [2.75, 3.05) is 13.2 Å². The van der Waals surface area contributed by atoms with Crippen molar-refractivity contribution >= 4 is 48.4 Å². The molecule has 10 nitrogen and oxygen atoms in total. The highest BCUT2D eigenvalue weighted by Gasteiger charge is 2.42. The van der Waals surface area contributed by atoms with E-state index in [0.29, 0.717) is 28.3 Å². The van der Waals surface area contributed by atoms with Crippen molar-refractivity contribution in [1.82, 2.24) is 19.1 Å². The van der Waals surface area contributed by atoms with Crippen molar-refractivity contribution in [2.45, 2.75) is 49.8 Å². The van der Waals surface area contributed by atoms with Gasteiger partial charge in [-0.15, -0.1) is 0 Å². The molecule has 1 fully saturated rings. The Kier molecular flexibility index (Phi) is 7.79. The van der Waals surface area contributed by atoms with E-state index in [4.69, 9.17) is 9.47 Å². The van der Waals surface area contributed by atoms with E-state index in [1.54, 1.807) is 16.8 Å². The maximum absolute atomic E-state index is 14.3. The number of hydrogen-bond donors (Lipinski definition) is 1. The summed E-state index contributed by atoms with van der Waals surface area (Å²) in [4.78, 5) is 16.1. The number of nitrogens with zero attached hydrogens (tertiary/aromatic N) is 4. The van der Waals surface area contributed by atoms with Crippen molar-refractivity contribution in [3.63, 3.8) is 0 Å². The SMILES string of the molecule is CC(C)Oc1ccc(S(=O)(=O)N2C[C@H](n3nc(CC(=O)O)c4ccc(F)cc43)C[C@H]2COc2nc3ccccc3s2)cc1. The summed E-state index contributed by atoms with van der Waals surface area (Å²) in [5.74, 6) is -1.02. The van der Waals surface area contributed by atoms with Crippen LogP contribution < -0.4 is 9.47 Å². The summed E-state index contributed by atoms with van der Waals surface area (Å²) in [6.07, 6.45) is -0.109. The Bertz CT molecular complexity index is 1870. The largest absolute Gasteiger partial charge is 0.491 e. The molecular formula is C30H29FN4O6S2.